The highest BCUT2D eigenvalue weighted by Gasteiger charge is 2.39. The van der Waals surface area contributed by atoms with Crippen molar-refractivity contribution in [1.29, 1.82) is 0 Å². The molecule has 0 aliphatic heterocycles. The minimum atomic E-state index is -0.369. The quantitative estimate of drug-likeness (QED) is 0.674. The fourth-order valence-corrected chi connectivity index (χ4v) is 4.32. The second kappa shape index (κ2) is 7.87. The molecule has 2 saturated carbocycles. The molecule has 2 fully saturated rings. The van der Waals surface area contributed by atoms with Crippen LogP contribution in [0.2, 0.25) is 0 Å². The van der Waals surface area contributed by atoms with Gasteiger partial charge in [0.05, 0.1) is 6.54 Å². The molecule has 0 heterocycles. The number of benzene rings is 1. The molecule has 2 unspecified atom stereocenters. The van der Waals surface area contributed by atoms with E-state index in [9.17, 15) is 9.59 Å². The van der Waals surface area contributed by atoms with Crippen molar-refractivity contribution >= 4 is 17.6 Å². The van der Waals surface area contributed by atoms with Crippen LogP contribution in [0.5, 0.6) is 0 Å². The fraction of sp³-hybridized carbons (Fsp3) is 0.579. The summed E-state index contributed by atoms with van der Waals surface area (Å²) in [6, 6.07) is 7.65. The van der Waals surface area contributed by atoms with E-state index < -0.39 is 0 Å². The Hall–Kier alpha value is -2.08. The van der Waals surface area contributed by atoms with E-state index in [1.165, 1.54) is 6.42 Å². The summed E-state index contributed by atoms with van der Waals surface area (Å²) in [6.07, 6.45) is 5.48. The third kappa shape index (κ3) is 4.72. The minimum Gasteiger partial charge on any atom is -0.351 e. The number of carbonyl (C=O) groups excluding carboxylic acids is 2. The minimum absolute atomic E-state index is 0.0142. The number of fused-ring (bicyclic) bond motifs is 2. The summed E-state index contributed by atoms with van der Waals surface area (Å²) in [4.78, 5) is 24.2. The van der Waals surface area contributed by atoms with Gasteiger partial charge in [-0.25, -0.2) is 4.79 Å². The normalized spacial score (nSPS) is 28.1. The number of carbonyl (C=O) groups is 2. The molecule has 1 aromatic rings. The highest BCUT2D eigenvalue weighted by molar-refractivity contribution is 5.92. The second-order valence-corrected chi connectivity index (χ2v) is 7.45. The number of nitrogens with one attached hydrogen (secondary N) is 3. The van der Waals surface area contributed by atoms with Gasteiger partial charge in [-0.1, -0.05) is 18.6 Å². The number of amides is 3. The first-order valence-corrected chi connectivity index (χ1v) is 9.17. The Morgan fingerprint density at radius 2 is 1.92 bits per heavy atom. The summed E-state index contributed by atoms with van der Waals surface area (Å²) in [7, 11) is 0. The van der Waals surface area contributed by atoms with Crippen LogP contribution in [0.4, 0.5) is 10.5 Å². The molecule has 6 nitrogen and oxygen atoms in total. The van der Waals surface area contributed by atoms with Crippen molar-refractivity contribution in [3.63, 3.8) is 0 Å². The number of nitrogens with two attached hydrogens (primary N) is 1. The molecule has 3 amide bonds. The molecule has 1 aromatic carbocycles. The molecule has 3 rings (SSSR count). The van der Waals surface area contributed by atoms with Crippen molar-refractivity contribution in [3.05, 3.63) is 29.8 Å². The largest absolute Gasteiger partial charge is 0.351 e. The molecule has 136 valence electrons. The second-order valence-electron chi connectivity index (χ2n) is 7.45. The number of hydrogen-bond donors (Lipinski definition) is 4. The summed E-state index contributed by atoms with van der Waals surface area (Å²) in [5.41, 5.74) is 7.91. The lowest BCUT2D eigenvalue weighted by atomic mass is 9.67. The van der Waals surface area contributed by atoms with Gasteiger partial charge < -0.3 is 21.7 Å². The molecule has 6 heteroatoms. The number of aryl methyl sites for hydroxylation is 1. The van der Waals surface area contributed by atoms with E-state index in [1.807, 2.05) is 31.2 Å². The molecular formula is C19H28N4O2. The maximum absolute atomic E-state index is 12.3. The predicted octanol–water partition coefficient (Wildman–Crippen LogP) is 2.14. The monoisotopic (exact) mass is 344 g/mol. The summed E-state index contributed by atoms with van der Waals surface area (Å²) >= 11 is 0. The van der Waals surface area contributed by atoms with E-state index in [-0.39, 0.29) is 30.6 Å². The molecule has 0 spiro atoms. The Labute approximate surface area is 148 Å². The number of urea groups is 1. The lowest BCUT2D eigenvalue weighted by Crippen LogP contribution is -2.55. The predicted molar refractivity (Wildman–Crippen MR) is 98.2 cm³/mol. The van der Waals surface area contributed by atoms with Gasteiger partial charge in [0.1, 0.15) is 0 Å². The summed E-state index contributed by atoms with van der Waals surface area (Å²) in [6.45, 7) is 1.95. The van der Waals surface area contributed by atoms with Crippen molar-refractivity contribution in [2.45, 2.75) is 51.1 Å². The molecule has 2 bridgehead atoms. The van der Waals surface area contributed by atoms with Crippen LogP contribution >= 0.6 is 0 Å². The molecule has 0 aromatic heterocycles. The number of anilines is 1. The Morgan fingerprint density at radius 3 is 2.60 bits per heavy atom. The van der Waals surface area contributed by atoms with Crippen molar-refractivity contribution < 1.29 is 9.59 Å². The first-order chi connectivity index (χ1) is 12.0. The van der Waals surface area contributed by atoms with Crippen LogP contribution in [0.25, 0.3) is 0 Å². The van der Waals surface area contributed by atoms with Gasteiger partial charge >= 0.3 is 6.03 Å². The molecule has 0 saturated heterocycles. The molecule has 2 atom stereocenters. The van der Waals surface area contributed by atoms with Crippen LogP contribution in [0.3, 0.4) is 0 Å². The van der Waals surface area contributed by atoms with Crippen LogP contribution in [0.1, 0.15) is 37.7 Å². The van der Waals surface area contributed by atoms with E-state index in [4.69, 9.17) is 5.73 Å². The van der Waals surface area contributed by atoms with Gasteiger partial charge in [-0.2, -0.15) is 0 Å². The van der Waals surface area contributed by atoms with Crippen LogP contribution in [-0.4, -0.2) is 30.6 Å². The average Bonchev–Trinajstić information content (AvgIpc) is 2.54. The standard InChI is InChI=1S/C19H28N4O2/c1-12-4-2-7-16(8-12)22-19(25)21-11-17(24)23-18-13-5-3-6-14(18)10-15(20)9-13/h2,4,7-8,13-15,18H,3,5-6,9-11,20H2,1H3,(H,23,24)(H2,21,22,25). The van der Waals surface area contributed by atoms with E-state index in [0.29, 0.717) is 17.5 Å². The van der Waals surface area contributed by atoms with Crippen LogP contribution < -0.4 is 21.7 Å². The molecule has 5 N–H and O–H groups in total. The Balaban J connectivity index is 1.45. The van der Waals surface area contributed by atoms with Crippen molar-refractivity contribution in [2.75, 3.05) is 11.9 Å². The molecule has 2 aliphatic rings. The van der Waals surface area contributed by atoms with Gasteiger partial charge in [-0.3, -0.25) is 4.79 Å². The van der Waals surface area contributed by atoms with E-state index in [0.717, 1.165) is 31.2 Å². The van der Waals surface area contributed by atoms with Crippen molar-refractivity contribution in [2.24, 2.45) is 17.6 Å². The maximum atomic E-state index is 12.3. The van der Waals surface area contributed by atoms with Crippen LogP contribution in [0.15, 0.2) is 24.3 Å². The molecule has 2 aliphatic carbocycles. The highest BCUT2D eigenvalue weighted by atomic mass is 16.2. The summed E-state index contributed by atoms with van der Waals surface area (Å²) in [5.74, 6) is 0.830. The molecule has 25 heavy (non-hydrogen) atoms. The zero-order valence-electron chi connectivity index (χ0n) is 14.8. The van der Waals surface area contributed by atoms with Gasteiger partial charge in [0.15, 0.2) is 0 Å². The fourth-order valence-electron chi connectivity index (χ4n) is 4.32. The van der Waals surface area contributed by atoms with Crippen molar-refractivity contribution in [3.8, 4) is 0 Å². The molecule has 0 radical (unpaired) electrons. The van der Waals surface area contributed by atoms with Gasteiger partial charge in [-0.05, 0) is 62.1 Å². The lowest BCUT2D eigenvalue weighted by molar-refractivity contribution is -0.122. The Kier molecular flexibility index (Phi) is 5.58. The number of hydrogen-bond acceptors (Lipinski definition) is 3. The van der Waals surface area contributed by atoms with E-state index in [2.05, 4.69) is 16.0 Å². The third-order valence-corrected chi connectivity index (χ3v) is 5.39. The van der Waals surface area contributed by atoms with Gasteiger partial charge in [0, 0.05) is 17.8 Å². The zero-order valence-corrected chi connectivity index (χ0v) is 14.8. The first kappa shape index (κ1) is 17.7. The smallest absolute Gasteiger partial charge is 0.319 e. The maximum Gasteiger partial charge on any atom is 0.319 e. The lowest BCUT2D eigenvalue weighted by Gasteiger charge is -2.45. The number of rotatable bonds is 4. The highest BCUT2D eigenvalue weighted by Crippen LogP contribution is 2.39. The summed E-state index contributed by atoms with van der Waals surface area (Å²) < 4.78 is 0. The van der Waals surface area contributed by atoms with E-state index >= 15 is 0 Å². The summed E-state index contributed by atoms with van der Waals surface area (Å²) in [5, 5.41) is 8.50. The SMILES string of the molecule is Cc1cccc(NC(=O)NCC(=O)NC2C3CCCC2CC(N)C3)c1. The van der Waals surface area contributed by atoms with Crippen LogP contribution in [-0.2, 0) is 4.79 Å². The average molecular weight is 344 g/mol. The van der Waals surface area contributed by atoms with Gasteiger partial charge in [0.2, 0.25) is 5.91 Å². The van der Waals surface area contributed by atoms with E-state index in [1.54, 1.807) is 0 Å². The van der Waals surface area contributed by atoms with Gasteiger partial charge in [0.25, 0.3) is 0 Å². The van der Waals surface area contributed by atoms with Gasteiger partial charge in [-0.15, -0.1) is 0 Å². The third-order valence-electron chi connectivity index (χ3n) is 5.39. The van der Waals surface area contributed by atoms with Crippen molar-refractivity contribution in [1.82, 2.24) is 10.6 Å². The Bertz CT molecular complexity index is 620. The topological polar surface area (TPSA) is 96.2 Å². The van der Waals surface area contributed by atoms with Crippen LogP contribution in [0, 0.1) is 18.8 Å². The first-order valence-electron chi connectivity index (χ1n) is 9.17. The molecular weight excluding hydrogens is 316 g/mol. The zero-order chi connectivity index (χ0) is 17.8. The Morgan fingerprint density at radius 1 is 1.20 bits per heavy atom.